The van der Waals surface area contributed by atoms with Crippen LogP contribution in [0, 0.1) is 5.92 Å². The Bertz CT molecular complexity index is 148. The van der Waals surface area contributed by atoms with E-state index in [0.29, 0.717) is 6.54 Å². The molecule has 0 heterocycles. The molecule has 0 amide bonds. The molecular formula is C11H24N2O. The maximum absolute atomic E-state index is 9.36. The average Bonchev–Trinajstić information content (AvgIpc) is 2.15. The Morgan fingerprint density at radius 1 is 1.50 bits per heavy atom. The van der Waals surface area contributed by atoms with Crippen molar-refractivity contribution in [3.8, 4) is 0 Å². The van der Waals surface area contributed by atoms with E-state index in [-0.39, 0.29) is 6.10 Å². The summed E-state index contributed by atoms with van der Waals surface area (Å²) in [5, 5.41) is 9.36. The number of nitrogens with two attached hydrogens (primary N) is 1. The van der Waals surface area contributed by atoms with E-state index in [0.717, 1.165) is 25.4 Å². The van der Waals surface area contributed by atoms with Gasteiger partial charge in [-0.25, -0.2) is 0 Å². The number of nitrogens with zero attached hydrogens (tertiary/aromatic N) is 1. The van der Waals surface area contributed by atoms with Crippen molar-refractivity contribution in [2.24, 2.45) is 11.7 Å². The van der Waals surface area contributed by atoms with E-state index < -0.39 is 0 Å². The number of hydrogen-bond donors (Lipinski definition) is 2. The highest BCUT2D eigenvalue weighted by molar-refractivity contribution is 4.74. The molecule has 3 N–H and O–H groups in total. The van der Waals surface area contributed by atoms with Crippen molar-refractivity contribution in [1.82, 2.24) is 4.90 Å². The number of aliphatic hydroxyl groups excluding tert-OH is 1. The van der Waals surface area contributed by atoms with Gasteiger partial charge in [-0.05, 0) is 31.7 Å². The second-order valence-corrected chi connectivity index (χ2v) is 4.37. The van der Waals surface area contributed by atoms with E-state index in [9.17, 15) is 5.11 Å². The van der Waals surface area contributed by atoms with Crippen LogP contribution in [0.3, 0.4) is 0 Å². The molecule has 1 unspecified atom stereocenters. The Labute approximate surface area is 87.3 Å². The van der Waals surface area contributed by atoms with Gasteiger partial charge in [0, 0.05) is 19.6 Å². The predicted octanol–water partition coefficient (Wildman–Crippen LogP) is 0.818. The third-order valence-corrected chi connectivity index (χ3v) is 3.24. The molecule has 14 heavy (non-hydrogen) atoms. The predicted molar refractivity (Wildman–Crippen MR) is 59.1 cm³/mol. The normalized spacial score (nSPS) is 19.7. The Kier molecular flexibility index (Phi) is 5.45. The summed E-state index contributed by atoms with van der Waals surface area (Å²) in [5.41, 5.74) is 5.37. The summed E-state index contributed by atoms with van der Waals surface area (Å²) in [6, 6.07) is 0. The van der Waals surface area contributed by atoms with Crippen LogP contribution in [0.5, 0.6) is 0 Å². The molecule has 0 aromatic heterocycles. The smallest absolute Gasteiger partial charge is 0.0674 e. The van der Waals surface area contributed by atoms with Gasteiger partial charge in [-0.1, -0.05) is 13.3 Å². The zero-order chi connectivity index (χ0) is 10.4. The first-order chi connectivity index (χ1) is 6.76. The summed E-state index contributed by atoms with van der Waals surface area (Å²) in [4.78, 5) is 2.43. The second kappa shape index (κ2) is 6.38. The summed E-state index contributed by atoms with van der Waals surface area (Å²) in [7, 11) is 0. The van der Waals surface area contributed by atoms with E-state index in [1.807, 2.05) is 0 Å². The molecule has 0 aromatic rings. The topological polar surface area (TPSA) is 49.5 Å². The van der Waals surface area contributed by atoms with E-state index in [1.165, 1.54) is 25.8 Å². The molecule has 84 valence electrons. The van der Waals surface area contributed by atoms with Crippen LogP contribution in [0.2, 0.25) is 0 Å². The van der Waals surface area contributed by atoms with Gasteiger partial charge in [-0.2, -0.15) is 0 Å². The van der Waals surface area contributed by atoms with Crippen LogP contribution < -0.4 is 5.73 Å². The van der Waals surface area contributed by atoms with Crippen LogP contribution >= 0.6 is 0 Å². The molecule has 0 spiro atoms. The standard InChI is InChI=1S/C11H24N2O/c1-2-13(7-6-11(14)8-12)9-10-4-3-5-10/h10-11,14H,2-9,12H2,1H3. The highest BCUT2D eigenvalue weighted by Gasteiger charge is 2.19. The van der Waals surface area contributed by atoms with Crippen molar-refractivity contribution in [3.05, 3.63) is 0 Å². The molecule has 0 radical (unpaired) electrons. The first-order valence-electron chi connectivity index (χ1n) is 5.86. The molecule has 3 nitrogen and oxygen atoms in total. The summed E-state index contributed by atoms with van der Waals surface area (Å²) >= 11 is 0. The van der Waals surface area contributed by atoms with Gasteiger partial charge in [-0.15, -0.1) is 0 Å². The Morgan fingerprint density at radius 3 is 2.64 bits per heavy atom. The SMILES string of the molecule is CCN(CCC(O)CN)CC1CCC1. The minimum Gasteiger partial charge on any atom is -0.392 e. The van der Waals surface area contributed by atoms with Crippen LogP contribution in [-0.2, 0) is 0 Å². The van der Waals surface area contributed by atoms with Gasteiger partial charge >= 0.3 is 0 Å². The number of rotatable bonds is 7. The molecule has 0 aromatic carbocycles. The molecule has 3 heteroatoms. The summed E-state index contributed by atoms with van der Waals surface area (Å²) in [6.45, 7) is 5.88. The lowest BCUT2D eigenvalue weighted by Crippen LogP contribution is -2.35. The molecule has 1 rings (SSSR count). The van der Waals surface area contributed by atoms with Crippen molar-refractivity contribution in [2.75, 3.05) is 26.2 Å². The number of aliphatic hydroxyl groups is 1. The van der Waals surface area contributed by atoms with Gasteiger partial charge in [0.2, 0.25) is 0 Å². The van der Waals surface area contributed by atoms with Gasteiger partial charge < -0.3 is 15.7 Å². The summed E-state index contributed by atoms with van der Waals surface area (Å²) < 4.78 is 0. The van der Waals surface area contributed by atoms with Crippen molar-refractivity contribution >= 4 is 0 Å². The molecule has 0 saturated heterocycles. The van der Waals surface area contributed by atoms with Crippen LogP contribution in [0.4, 0.5) is 0 Å². The maximum atomic E-state index is 9.36. The minimum absolute atomic E-state index is 0.314. The van der Waals surface area contributed by atoms with Crippen LogP contribution in [0.15, 0.2) is 0 Å². The van der Waals surface area contributed by atoms with Crippen LogP contribution in [0.1, 0.15) is 32.6 Å². The maximum Gasteiger partial charge on any atom is 0.0674 e. The molecule has 1 atom stereocenters. The lowest BCUT2D eigenvalue weighted by Gasteiger charge is -2.32. The van der Waals surface area contributed by atoms with Crippen LogP contribution in [-0.4, -0.2) is 42.3 Å². The molecule has 1 fully saturated rings. The van der Waals surface area contributed by atoms with E-state index in [2.05, 4.69) is 11.8 Å². The van der Waals surface area contributed by atoms with Crippen molar-refractivity contribution in [2.45, 2.75) is 38.7 Å². The van der Waals surface area contributed by atoms with Crippen molar-refractivity contribution in [1.29, 1.82) is 0 Å². The quantitative estimate of drug-likeness (QED) is 0.639. The van der Waals surface area contributed by atoms with Crippen molar-refractivity contribution in [3.63, 3.8) is 0 Å². The molecule has 1 aliphatic carbocycles. The first-order valence-corrected chi connectivity index (χ1v) is 5.86. The first kappa shape index (κ1) is 12.0. The molecule has 1 aliphatic rings. The lowest BCUT2D eigenvalue weighted by molar-refractivity contribution is 0.130. The minimum atomic E-state index is -0.314. The summed E-state index contributed by atoms with van der Waals surface area (Å²) in [5.74, 6) is 0.921. The van der Waals surface area contributed by atoms with Crippen LogP contribution in [0.25, 0.3) is 0 Å². The zero-order valence-electron chi connectivity index (χ0n) is 9.28. The van der Waals surface area contributed by atoms with Gasteiger partial charge in [0.1, 0.15) is 0 Å². The Hall–Kier alpha value is -0.120. The Morgan fingerprint density at radius 2 is 2.21 bits per heavy atom. The molecule has 0 bridgehead atoms. The molecule has 1 saturated carbocycles. The highest BCUT2D eigenvalue weighted by atomic mass is 16.3. The van der Waals surface area contributed by atoms with Gasteiger partial charge in [0.15, 0.2) is 0 Å². The third-order valence-electron chi connectivity index (χ3n) is 3.24. The zero-order valence-corrected chi connectivity index (χ0v) is 9.28. The van der Waals surface area contributed by atoms with E-state index in [1.54, 1.807) is 0 Å². The van der Waals surface area contributed by atoms with E-state index in [4.69, 9.17) is 5.73 Å². The molecular weight excluding hydrogens is 176 g/mol. The third kappa shape index (κ3) is 3.95. The highest BCUT2D eigenvalue weighted by Crippen LogP contribution is 2.26. The molecule has 0 aliphatic heterocycles. The second-order valence-electron chi connectivity index (χ2n) is 4.37. The van der Waals surface area contributed by atoms with Crippen molar-refractivity contribution < 1.29 is 5.11 Å². The lowest BCUT2D eigenvalue weighted by atomic mass is 9.85. The van der Waals surface area contributed by atoms with Gasteiger partial charge in [0.25, 0.3) is 0 Å². The fourth-order valence-electron chi connectivity index (χ4n) is 1.87. The largest absolute Gasteiger partial charge is 0.392 e. The van der Waals surface area contributed by atoms with Gasteiger partial charge in [0.05, 0.1) is 6.10 Å². The van der Waals surface area contributed by atoms with E-state index >= 15 is 0 Å². The number of hydrogen-bond acceptors (Lipinski definition) is 3. The monoisotopic (exact) mass is 200 g/mol. The fraction of sp³-hybridized carbons (Fsp3) is 1.00. The Balaban J connectivity index is 2.10. The van der Waals surface area contributed by atoms with Gasteiger partial charge in [-0.3, -0.25) is 0 Å². The fourth-order valence-corrected chi connectivity index (χ4v) is 1.87. The summed E-state index contributed by atoms with van der Waals surface area (Å²) in [6.07, 6.45) is 4.71. The average molecular weight is 200 g/mol.